The lowest BCUT2D eigenvalue weighted by Crippen LogP contribution is -2.18. The Balaban J connectivity index is 1.81. The summed E-state index contributed by atoms with van der Waals surface area (Å²) in [5.74, 6) is -1.65. The van der Waals surface area contributed by atoms with Crippen LogP contribution < -0.4 is 11.1 Å². The zero-order chi connectivity index (χ0) is 22.1. The fourth-order valence-corrected chi connectivity index (χ4v) is 3.65. The minimum Gasteiger partial charge on any atom is -0.480 e. The van der Waals surface area contributed by atoms with E-state index in [1.807, 2.05) is 6.08 Å². The molecule has 0 fully saturated rings. The molecule has 0 saturated heterocycles. The lowest BCUT2D eigenvalue weighted by atomic mass is 9.87. The number of carboxylic acid groups (broad SMARTS) is 1. The third-order valence-corrected chi connectivity index (χ3v) is 5.16. The maximum Gasteiger partial charge on any atom is 0.322 e. The molecule has 2 atom stereocenters. The van der Waals surface area contributed by atoms with Crippen LogP contribution >= 0.6 is 0 Å². The first-order valence-electron chi connectivity index (χ1n) is 9.69. The maximum atomic E-state index is 11.8. The van der Waals surface area contributed by atoms with Crippen LogP contribution in [0.15, 0.2) is 30.6 Å². The van der Waals surface area contributed by atoms with E-state index in [1.54, 1.807) is 23.1 Å². The van der Waals surface area contributed by atoms with Gasteiger partial charge in [0, 0.05) is 11.8 Å². The zero-order valence-corrected chi connectivity index (χ0v) is 16.7. The summed E-state index contributed by atoms with van der Waals surface area (Å²) in [5.41, 5.74) is 7.97. The monoisotopic (exact) mass is 420 g/mol. The molecule has 158 valence electrons. The molecule has 11 heteroatoms. The third-order valence-electron chi connectivity index (χ3n) is 5.16. The van der Waals surface area contributed by atoms with Gasteiger partial charge in [-0.3, -0.25) is 9.59 Å². The number of carbonyl (C=O) groups excluding carboxylic acids is 1. The Morgan fingerprint density at radius 1 is 1.39 bits per heavy atom. The number of aliphatic carboxylic acids is 1. The fraction of sp³-hybridized carbons (Fsp3) is 0.300. The summed E-state index contributed by atoms with van der Waals surface area (Å²) in [6.07, 6.45) is 7.12. The van der Waals surface area contributed by atoms with E-state index in [9.17, 15) is 14.9 Å². The maximum absolute atomic E-state index is 11.8. The van der Waals surface area contributed by atoms with Gasteiger partial charge in [0.2, 0.25) is 5.95 Å². The van der Waals surface area contributed by atoms with Crippen molar-refractivity contribution in [3.8, 4) is 17.3 Å². The van der Waals surface area contributed by atoms with Gasteiger partial charge in [-0.2, -0.15) is 10.4 Å². The van der Waals surface area contributed by atoms with E-state index < -0.39 is 18.4 Å². The summed E-state index contributed by atoms with van der Waals surface area (Å²) in [7, 11) is 0. The van der Waals surface area contributed by atoms with Crippen molar-refractivity contribution >= 4 is 29.0 Å². The van der Waals surface area contributed by atoms with Gasteiger partial charge in [0.05, 0.1) is 29.4 Å². The number of hydrogen-bond donors (Lipinski definition) is 3. The Morgan fingerprint density at radius 3 is 2.90 bits per heavy atom. The number of anilines is 1. The van der Waals surface area contributed by atoms with E-state index in [2.05, 4.69) is 33.5 Å². The van der Waals surface area contributed by atoms with Crippen LogP contribution in [-0.2, 0) is 4.79 Å². The van der Waals surface area contributed by atoms with E-state index in [0.29, 0.717) is 22.7 Å². The number of nitrogens with zero attached hydrogens (tertiary/aromatic N) is 6. The van der Waals surface area contributed by atoms with Crippen LogP contribution in [0, 0.1) is 23.2 Å². The standard InChI is InChI=1S/C20H20N8O3/c1-11-2-3-12(7-21)16(6-11)27-10-13(8-24-27)18-14-4-5-15(19(22)31)28(14)26-20(25-18)23-9-17(29)30/h4-6,8,10-12H,2-3,9H2,1H3,(H2,22,31)(H,23,26)(H,29,30)/t11-,12?/m0/s1. The number of carbonyl (C=O) groups is 2. The number of allylic oxidation sites excluding steroid dienone is 2. The third kappa shape index (κ3) is 3.83. The van der Waals surface area contributed by atoms with Crippen LogP contribution in [0.5, 0.6) is 0 Å². The van der Waals surface area contributed by atoms with Gasteiger partial charge in [0.1, 0.15) is 17.9 Å². The van der Waals surface area contributed by atoms with Gasteiger partial charge in [-0.1, -0.05) is 13.0 Å². The lowest BCUT2D eigenvalue weighted by Gasteiger charge is -2.22. The molecule has 4 rings (SSSR count). The number of amides is 1. The molecule has 0 saturated carbocycles. The highest BCUT2D eigenvalue weighted by Gasteiger charge is 2.24. The fourth-order valence-electron chi connectivity index (χ4n) is 3.65. The minimum atomic E-state index is -1.08. The molecule has 1 unspecified atom stereocenters. The largest absolute Gasteiger partial charge is 0.480 e. The summed E-state index contributed by atoms with van der Waals surface area (Å²) in [4.78, 5) is 27.2. The number of fused-ring (bicyclic) bond motifs is 1. The molecule has 1 aliphatic carbocycles. The smallest absolute Gasteiger partial charge is 0.322 e. The summed E-state index contributed by atoms with van der Waals surface area (Å²) < 4.78 is 2.99. The minimum absolute atomic E-state index is 0.0248. The number of aromatic nitrogens is 5. The number of hydrogen-bond acceptors (Lipinski definition) is 7. The molecule has 31 heavy (non-hydrogen) atoms. The molecule has 11 nitrogen and oxygen atoms in total. The second-order valence-corrected chi connectivity index (χ2v) is 7.41. The first-order valence-corrected chi connectivity index (χ1v) is 9.69. The Morgan fingerprint density at radius 2 is 2.19 bits per heavy atom. The molecule has 1 aliphatic rings. The number of nitrogens with two attached hydrogens (primary N) is 1. The molecular weight excluding hydrogens is 400 g/mol. The molecule has 3 aromatic rings. The highest BCUT2D eigenvalue weighted by atomic mass is 16.4. The van der Waals surface area contributed by atoms with Crippen molar-refractivity contribution in [3.05, 3.63) is 36.3 Å². The summed E-state index contributed by atoms with van der Waals surface area (Å²) in [6, 6.07) is 5.51. The molecule has 3 heterocycles. The normalized spacial score (nSPS) is 18.4. The number of primary amides is 1. The first-order chi connectivity index (χ1) is 14.9. The van der Waals surface area contributed by atoms with Crippen molar-refractivity contribution < 1.29 is 14.7 Å². The summed E-state index contributed by atoms with van der Waals surface area (Å²) >= 11 is 0. The molecule has 4 N–H and O–H groups in total. The molecule has 0 bridgehead atoms. The Labute approximate surface area is 176 Å². The molecular formula is C20H20N8O3. The van der Waals surface area contributed by atoms with Crippen LogP contribution in [0.3, 0.4) is 0 Å². The summed E-state index contributed by atoms with van der Waals surface area (Å²) in [5, 5.41) is 29.7. The van der Waals surface area contributed by atoms with Crippen molar-refractivity contribution in [3.63, 3.8) is 0 Å². The summed E-state index contributed by atoms with van der Waals surface area (Å²) in [6.45, 7) is 1.70. The molecule has 0 radical (unpaired) electrons. The highest BCUT2D eigenvalue weighted by molar-refractivity contribution is 5.93. The van der Waals surface area contributed by atoms with Gasteiger partial charge in [-0.05, 0) is 30.9 Å². The average Bonchev–Trinajstić information content (AvgIpc) is 3.39. The van der Waals surface area contributed by atoms with Gasteiger partial charge in [0.25, 0.3) is 5.91 Å². The van der Waals surface area contributed by atoms with E-state index in [4.69, 9.17) is 10.8 Å². The molecule has 0 aliphatic heterocycles. The second kappa shape index (κ2) is 7.91. The van der Waals surface area contributed by atoms with E-state index >= 15 is 0 Å². The van der Waals surface area contributed by atoms with Gasteiger partial charge < -0.3 is 16.2 Å². The SMILES string of the molecule is C[C@@H]1C=C(n2cc(-c3nc(NCC(=O)O)nn4c(C(N)=O)ccc34)cn2)C(C#N)CC1. The van der Waals surface area contributed by atoms with Gasteiger partial charge in [0.15, 0.2) is 0 Å². The van der Waals surface area contributed by atoms with E-state index in [0.717, 1.165) is 18.5 Å². The van der Waals surface area contributed by atoms with Crippen molar-refractivity contribution in [2.75, 3.05) is 11.9 Å². The van der Waals surface area contributed by atoms with Crippen molar-refractivity contribution in [2.24, 2.45) is 17.6 Å². The van der Waals surface area contributed by atoms with Gasteiger partial charge in [-0.15, -0.1) is 5.10 Å². The average molecular weight is 420 g/mol. The van der Waals surface area contributed by atoms with Crippen molar-refractivity contribution in [2.45, 2.75) is 19.8 Å². The van der Waals surface area contributed by atoms with Crippen LogP contribution in [0.4, 0.5) is 5.95 Å². The molecule has 3 aromatic heterocycles. The predicted octanol–water partition coefficient (Wildman–Crippen LogP) is 1.60. The second-order valence-electron chi connectivity index (χ2n) is 7.41. The van der Waals surface area contributed by atoms with E-state index in [1.165, 1.54) is 10.6 Å². The predicted molar refractivity (Wildman–Crippen MR) is 111 cm³/mol. The lowest BCUT2D eigenvalue weighted by molar-refractivity contribution is -0.134. The number of nitriles is 1. The first kappa shape index (κ1) is 20.1. The van der Waals surface area contributed by atoms with Gasteiger partial charge in [-0.25, -0.2) is 14.2 Å². The van der Waals surface area contributed by atoms with Crippen molar-refractivity contribution in [1.29, 1.82) is 5.26 Å². The Bertz CT molecular complexity index is 1250. The van der Waals surface area contributed by atoms with Crippen LogP contribution in [0.1, 0.15) is 30.3 Å². The number of rotatable bonds is 6. The topological polar surface area (TPSA) is 164 Å². The molecule has 1 amide bonds. The number of carboxylic acids is 1. The number of nitrogens with one attached hydrogen (secondary N) is 1. The Kier molecular flexibility index (Phi) is 5.12. The molecule has 0 spiro atoms. The van der Waals surface area contributed by atoms with Crippen molar-refractivity contribution in [1.82, 2.24) is 24.4 Å². The Hall–Kier alpha value is -4.20. The van der Waals surface area contributed by atoms with Crippen LogP contribution in [0.25, 0.3) is 22.5 Å². The van der Waals surface area contributed by atoms with Crippen LogP contribution in [0.2, 0.25) is 0 Å². The zero-order valence-electron chi connectivity index (χ0n) is 16.7. The quantitative estimate of drug-likeness (QED) is 0.541. The van der Waals surface area contributed by atoms with E-state index in [-0.39, 0.29) is 17.6 Å². The van der Waals surface area contributed by atoms with Crippen LogP contribution in [-0.4, -0.2) is 47.9 Å². The molecule has 0 aromatic carbocycles. The van der Waals surface area contributed by atoms with Gasteiger partial charge >= 0.3 is 5.97 Å². The highest BCUT2D eigenvalue weighted by Crippen LogP contribution is 2.32.